The van der Waals surface area contributed by atoms with Gasteiger partial charge in [0, 0.05) is 36.8 Å². The summed E-state index contributed by atoms with van der Waals surface area (Å²) in [5.41, 5.74) is 9.15. The average Bonchev–Trinajstić information content (AvgIpc) is 2.68. The predicted molar refractivity (Wildman–Crippen MR) is 71.4 cm³/mol. The number of nitrogens with zero attached hydrogens (tertiary/aromatic N) is 5. The Morgan fingerprint density at radius 2 is 2.53 bits per heavy atom. The van der Waals surface area contributed by atoms with Crippen LogP contribution < -0.4 is 4.90 Å². The van der Waals surface area contributed by atoms with Crippen molar-refractivity contribution in [1.29, 1.82) is 0 Å². The Balaban J connectivity index is 2.16. The van der Waals surface area contributed by atoms with E-state index in [9.17, 15) is 4.79 Å². The van der Waals surface area contributed by atoms with Gasteiger partial charge in [-0.1, -0.05) is 5.11 Å². The van der Waals surface area contributed by atoms with Gasteiger partial charge in [0.15, 0.2) is 0 Å². The van der Waals surface area contributed by atoms with Gasteiger partial charge >= 0.3 is 0 Å². The molecular weight excluding hydrogens is 333 g/mol. The van der Waals surface area contributed by atoms with Gasteiger partial charge in [0.2, 0.25) is 5.91 Å². The zero-order chi connectivity index (χ0) is 12.3. The highest BCUT2D eigenvalue weighted by atomic mass is 127. The normalized spacial score (nSPS) is 19.2. The molecule has 1 aliphatic heterocycles. The molecule has 1 atom stereocenters. The van der Waals surface area contributed by atoms with E-state index >= 15 is 0 Å². The van der Waals surface area contributed by atoms with Crippen molar-refractivity contribution in [3.8, 4) is 0 Å². The number of halogens is 1. The second-order valence-corrected chi connectivity index (χ2v) is 4.98. The Kier molecular flexibility index (Phi) is 3.80. The molecule has 1 aliphatic rings. The first kappa shape index (κ1) is 12.1. The fraction of sp³-hybridized carbons (Fsp3) is 0.400. The molecule has 0 radical (unpaired) electrons. The first-order chi connectivity index (χ1) is 8.22. The average molecular weight is 343 g/mol. The minimum atomic E-state index is 0.0762. The molecule has 0 N–H and O–H groups in total. The first-order valence-electron chi connectivity index (χ1n) is 5.13. The number of carbonyl (C=O) groups excluding carboxylic acids is 1. The molecule has 1 aromatic rings. The van der Waals surface area contributed by atoms with Gasteiger partial charge in [0.25, 0.3) is 0 Å². The van der Waals surface area contributed by atoms with Crippen LogP contribution in [0.5, 0.6) is 0 Å². The van der Waals surface area contributed by atoms with Crippen LogP contribution in [0.3, 0.4) is 0 Å². The Morgan fingerprint density at radius 3 is 3.24 bits per heavy atom. The van der Waals surface area contributed by atoms with Crippen molar-refractivity contribution < 1.29 is 4.79 Å². The summed E-state index contributed by atoms with van der Waals surface area (Å²) in [7, 11) is 0. The minimum Gasteiger partial charge on any atom is -0.311 e. The zero-order valence-corrected chi connectivity index (χ0v) is 11.1. The van der Waals surface area contributed by atoms with Crippen molar-refractivity contribution in [3.63, 3.8) is 0 Å². The molecule has 7 heteroatoms. The van der Waals surface area contributed by atoms with Crippen LogP contribution in [0.1, 0.15) is 6.42 Å². The smallest absolute Gasteiger partial charge is 0.227 e. The van der Waals surface area contributed by atoms with Crippen molar-refractivity contribution in [2.45, 2.75) is 6.42 Å². The Bertz CT molecular complexity index is 485. The number of amides is 1. The standard InChI is InChI=1S/C10H10IN5O/c11-8-5-13-2-1-9(8)16-6-7(3-10(16)17)4-14-15-12/h1-2,5,7H,3-4,6H2. The molecule has 1 saturated heterocycles. The van der Waals surface area contributed by atoms with Gasteiger partial charge in [-0.3, -0.25) is 9.78 Å². The molecule has 0 saturated carbocycles. The van der Waals surface area contributed by atoms with Gasteiger partial charge in [-0.25, -0.2) is 0 Å². The van der Waals surface area contributed by atoms with Gasteiger partial charge < -0.3 is 4.90 Å². The molecule has 1 fully saturated rings. The fourth-order valence-corrected chi connectivity index (χ4v) is 2.51. The summed E-state index contributed by atoms with van der Waals surface area (Å²) in [5, 5.41) is 3.53. The van der Waals surface area contributed by atoms with Crippen molar-refractivity contribution in [1.82, 2.24) is 4.98 Å². The number of azide groups is 1. The molecule has 2 rings (SSSR count). The van der Waals surface area contributed by atoms with Crippen LogP contribution in [0.2, 0.25) is 0 Å². The molecular formula is C10H10IN5O. The highest BCUT2D eigenvalue weighted by Crippen LogP contribution is 2.28. The van der Waals surface area contributed by atoms with Crippen LogP contribution >= 0.6 is 22.6 Å². The number of anilines is 1. The van der Waals surface area contributed by atoms with Gasteiger partial charge in [-0.2, -0.15) is 0 Å². The van der Waals surface area contributed by atoms with Gasteiger partial charge in [-0.05, 0) is 40.1 Å². The van der Waals surface area contributed by atoms with Crippen LogP contribution in [0, 0.1) is 9.49 Å². The third-order valence-corrected chi connectivity index (χ3v) is 3.48. The zero-order valence-electron chi connectivity index (χ0n) is 8.95. The maximum Gasteiger partial charge on any atom is 0.227 e. The lowest BCUT2D eigenvalue weighted by Crippen LogP contribution is -2.25. The summed E-state index contributed by atoms with van der Waals surface area (Å²) >= 11 is 2.16. The van der Waals surface area contributed by atoms with Crippen LogP contribution in [-0.4, -0.2) is 24.0 Å². The predicted octanol–water partition coefficient (Wildman–Crippen LogP) is 2.35. The van der Waals surface area contributed by atoms with Crippen molar-refractivity contribution in [2.75, 3.05) is 18.0 Å². The highest BCUT2D eigenvalue weighted by Gasteiger charge is 2.30. The lowest BCUT2D eigenvalue weighted by atomic mass is 10.1. The molecule has 1 aromatic heterocycles. The molecule has 88 valence electrons. The second kappa shape index (κ2) is 5.33. The molecule has 0 aromatic carbocycles. The van der Waals surface area contributed by atoms with E-state index in [2.05, 4.69) is 37.6 Å². The topological polar surface area (TPSA) is 82.0 Å². The fourth-order valence-electron chi connectivity index (χ4n) is 1.88. The molecule has 1 unspecified atom stereocenters. The molecule has 6 nitrogen and oxygen atoms in total. The first-order valence-corrected chi connectivity index (χ1v) is 6.21. The molecule has 0 aliphatic carbocycles. The summed E-state index contributed by atoms with van der Waals surface area (Å²) in [4.78, 5) is 20.3. The van der Waals surface area contributed by atoms with Crippen LogP contribution in [-0.2, 0) is 4.79 Å². The number of rotatable bonds is 3. The van der Waals surface area contributed by atoms with E-state index in [1.165, 1.54) is 0 Å². The summed E-state index contributed by atoms with van der Waals surface area (Å²) in [6, 6.07) is 1.83. The van der Waals surface area contributed by atoms with E-state index in [4.69, 9.17) is 5.53 Å². The van der Waals surface area contributed by atoms with Crippen molar-refractivity contribution >= 4 is 34.2 Å². The maximum atomic E-state index is 11.9. The molecule has 17 heavy (non-hydrogen) atoms. The van der Waals surface area contributed by atoms with Crippen molar-refractivity contribution in [2.24, 2.45) is 11.0 Å². The Labute approximate surface area is 112 Å². The van der Waals surface area contributed by atoms with E-state index in [0.717, 1.165) is 9.26 Å². The van der Waals surface area contributed by atoms with E-state index in [-0.39, 0.29) is 11.8 Å². The van der Waals surface area contributed by atoms with Crippen LogP contribution in [0.15, 0.2) is 23.6 Å². The summed E-state index contributed by atoms with van der Waals surface area (Å²) in [6.45, 7) is 0.984. The number of aromatic nitrogens is 1. The quantitative estimate of drug-likeness (QED) is 0.365. The van der Waals surface area contributed by atoms with Gasteiger partial charge in [0.05, 0.1) is 9.26 Å². The van der Waals surface area contributed by atoms with Gasteiger partial charge in [-0.15, -0.1) is 0 Å². The minimum absolute atomic E-state index is 0.0762. The summed E-state index contributed by atoms with van der Waals surface area (Å²) in [6.07, 6.45) is 3.84. The van der Waals surface area contributed by atoms with Gasteiger partial charge in [0.1, 0.15) is 0 Å². The maximum absolute atomic E-state index is 11.9. The SMILES string of the molecule is [N-]=[N+]=NCC1CC(=O)N(c2ccncc2I)C1. The third-order valence-electron chi connectivity index (χ3n) is 2.65. The van der Waals surface area contributed by atoms with Crippen LogP contribution in [0.25, 0.3) is 10.4 Å². The molecule has 2 heterocycles. The molecule has 0 spiro atoms. The van der Waals surface area contributed by atoms with E-state index in [1.807, 2.05) is 6.07 Å². The van der Waals surface area contributed by atoms with E-state index < -0.39 is 0 Å². The summed E-state index contributed by atoms with van der Waals surface area (Å²) in [5.74, 6) is 0.189. The monoisotopic (exact) mass is 343 g/mol. The number of hydrogen-bond acceptors (Lipinski definition) is 3. The lowest BCUT2D eigenvalue weighted by Gasteiger charge is -2.17. The lowest BCUT2D eigenvalue weighted by molar-refractivity contribution is -0.117. The number of hydrogen-bond donors (Lipinski definition) is 0. The number of carbonyl (C=O) groups is 1. The molecule has 1 amide bonds. The van der Waals surface area contributed by atoms with E-state index in [1.54, 1.807) is 17.3 Å². The largest absolute Gasteiger partial charge is 0.311 e. The Morgan fingerprint density at radius 1 is 1.71 bits per heavy atom. The number of pyridine rings is 1. The second-order valence-electron chi connectivity index (χ2n) is 3.82. The highest BCUT2D eigenvalue weighted by molar-refractivity contribution is 14.1. The van der Waals surface area contributed by atoms with Crippen LogP contribution in [0.4, 0.5) is 5.69 Å². The van der Waals surface area contributed by atoms with Crippen molar-refractivity contribution in [3.05, 3.63) is 32.5 Å². The van der Waals surface area contributed by atoms with E-state index in [0.29, 0.717) is 19.5 Å². The third kappa shape index (κ3) is 2.67. The molecule has 0 bridgehead atoms. The Hall–Kier alpha value is -1.34. The summed E-state index contributed by atoms with van der Waals surface area (Å²) < 4.78 is 0.947.